The summed E-state index contributed by atoms with van der Waals surface area (Å²) in [6.45, 7) is 6.47. The molecule has 2 fully saturated rings. The van der Waals surface area contributed by atoms with Gasteiger partial charge >= 0.3 is 0 Å². The maximum absolute atomic E-state index is 6.29. The van der Waals surface area contributed by atoms with Crippen molar-refractivity contribution in [3.63, 3.8) is 0 Å². The van der Waals surface area contributed by atoms with Crippen LogP contribution in [-0.4, -0.2) is 44.4 Å². The van der Waals surface area contributed by atoms with Gasteiger partial charge in [-0.05, 0) is 48.6 Å². The van der Waals surface area contributed by atoms with E-state index in [-0.39, 0.29) is 5.60 Å². The Balaban J connectivity index is 1.39. The van der Waals surface area contributed by atoms with Crippen molar-refractivity contribution >= 4 is 11.3 Å². The molecule has 0 aromatic carbocycles. The molecule has 0 bridgehead atoms. The molecule has 3 aliphatic rings. The fraction of sp³-hybridized carbons (Fsp3) is 0.765. The third kappa shape index (κ3) is 2.79. The zero-order chi connectivity index (χ0) is 14.1. The maximum Gasteiger partial charge on any atom is 0.0966 e. The van der Waals surface area contributed by atoms with Crippen LogP contribution in [-0.2, 0) is 21.5 Å². The molecule has 21 heavy (non-hydrogen) atoms. The molecule has 0 saturated carbocycles. The number of thiophene rings is 1. The Labute approximate surface area is 131 Å². The van der Waals surface area contributed by atoms with E-state index >= 15 is 0 Å². The van der Waals surface area contributed by atoms with E-state index < -0.39 is 0 Å². The number of likely N-dealkylation sites (tertiary alicyclic amines) is 1. The Bertz CT molecular complexity index is 473. The molecular formula is C17H25NO2S. The van der Waals surface area contributed by atoms with Crippen molar-refractivity contribution in [3.8, 4) is 0 Å². The first-order chi connectivity index (χ1) is 10.4. The van der Waals surface area contributed by atoms with Crippen LogP contribution in [0.15, 0.2) is 11.4 Å². The quantitative estimate of drug-likeness (QED) is 0.838. The smallest absolute Gasteiger partial charge is 0.0966 e. The molecule has 0 aliphatic carbocycles. The van der Waals surface area contributed by atoms with Crippen molar-refractivity contribution < 1.29 is 9.47 Å². The maximum atomic E-state index is 6.29. The van der Waals surface area contributed by atoms with Gasteiger partial charge in [0.1, 0.15) is 0 Å². The van der Waals surface area contributed by atoms with Gasteiger partial charge in [-0.2, -0.15) is 0 Å². The van der Waals surface area contributed by atoms with Crippen LogP contribution in [0.4, 0.5) is 0 Å². The normalized spacial score (nSPS) is 26.9. The molecule has 1 spiro atoms. The lowest BCUT2D eigenvalue weighted by molar-refractivity contribution is -0.0995. The minimum absolute atomic E-state index is 0.0414. The van der Waals surface area contributed by atoms with E-state index in [9.17, 15) is 0 Å². The first kappa shape index (κ1) is 14.2. The molecule has 0 radical (unpaired) electrons. The third-order valence-corrected chi connectivity index (χ3v) is 6.45. The van der Waals surface area contributed by atoms with E-state index in [0.717, 1.165) is 32.2 Å². The number of piperidine rings is 1. The van der Waals surface area contributed by atoms with Crippen LogP contribution in [0.25, 0.3) is 0 Å². The molecule has 2 saturated heterocycles. The third-order valence-electron chi connectivity index (χ3n) is 5.46. The van der Waals surface area contributed by atoms with E-state index in [1.807, 2.05) is 11.3 Å². The van der Waals surface area contributed by atoms with Gasteiger partial charge in [0.15, 0.2) is 0 Å². The van der Waals surface area contributed by atoms with Crippen molar-refractivity contribution in [2.75, 3.05) is 39.5 Å². The molecule has 0 unspecified atom stereocenters. The van der Waals surface area contributed by atoms with Gasteiger partial charge in [-0.1, -0.05) is 0 Å². The minimum Gasteiger partial charge on any atom is -0.381 e. The lowest BCUT2D eigenvalue weighted by atomic mass is 9.82. The largest absolute Gasteiger partial charge is 0.381 e. The number of nitrogens with zero attached hydrogens (tertiary/aromatic N) is 1. The Morgan fingerprint density at radius 3 is 2.81 bits per heavy atom. The summed E-state index contributed by atoms with van der Waals surface area (Å²) in [5.74, 6) is 0.844. The molecule has 0 N–H and O–H groups in total. The predicted octanol–water partition coefficient (Wildman–Crippen LogP) is 3.04. The van der Waals surface area contributed by atoms with Gasteiger partial charge in [0, 0.05) is 44.1 Å². The lowest BCUT2D eigenvalue weighted by Crippen LogP contribution is -2.47. The van der Waals surface area contributed by atoms with Crippen molar-refractivity contribution in [3.05, 3.63) is 21.9 Å². The zero-order valence-electron chi connectivity index (χ0n) is 12.7. The topological polar surface area (TPSA) is 21.7 Å². The first-order valence-corrected chi connectivity index (χ1v) is 9.25. The molecule has 4 heteroatoms. The summed E-state index contributed by atoms with van der Waals surface area (Å²) in [5.41, 5.74) is 1.55. The summed E-state index contributed by atoms with van der Waals surface area (Å²) in [6.07, 6.45) is 5.93. The summed E-state index contributed by atoms with van der Waals surface area (Å²) < 4.78 is 11.8. The van der Waals surface area contributed by atoms with Gasteiger partial charge in [-0.3, -0.25) is 0 Å². The second-order valence-corrected chi connectivity index (χ2v) is 7.71. The summed E-state index contributed by atoms with van der Waals surface area (Å²) >= 11 is 1.91. The van der Waals surface area contributed by atoms with Crippen LogP contribution >= 0.6 is 11.3 Å². The molecule has 4 rings (SSSR count). The van der Waals surface area contributed by atoms with Crippen LogP contribution in [0, 0.1) is 5.92 Å². The average molecular weight is 307 g/mol. The van der Waals surface area contributed by atoms with Gasteiger partial charge in [0.2, 0.25) is 0 Å². The van der Waals surface area contributed by atoms with Crippen molar-refractivity contribution in [1.82, 2.24) is 4.90 Å². The van der Waals surface area contributed by atoms with Gasteiger partial charge in [0.05, 0.1) is 12.2 Å². The molecule has 0 atom stereocenters. The first-order valence-electron chi connectivity index (χ1n) is 8.37. The highest BCUT2D eigenvalue weighted by molar-refractivity contribution is 7.10. The van der Waals surface area contributed by atoms with Crippen molar-refractivity contribution in [1.29, 1.82) is 0 Å². The van der Waals surface area contributed by atoms with E-state index in [0.29, 0.717) is 0 Å². The van der Waals surface area contributed by atoms with Crippen LogP contribution in [0.3, 0.4) is 0 Å². The summed E-state index contributed by atoms with van der Waals surface area (Å²) in [7, 11) is 0. The Morgan fingerprint density at radius 2 is 2.00 bits per heavy atom. The molecule has 116 valence electrons. The molecule has 3 aliphatic heterocycles. The highest BCUT2D eigenvalue weighted by Gasteiger charge is 2.41. The number of hydrogen-bond acceptors (Lipinski definition) is 4. The monoisotopic (exact) mass is 307 g/mol. The van der Waals surface area contributed by atoms with Crippen LogP contribution in [0.2, 0.25) is 0 Å². The van der Waals surface area contributed by atoms with Crippen molar-refractivity contribution in [2.45, 2.75) is 37.7 Å². The molecular weight excluding hydrogens is 282 g/mol. The predicted molar refractivity (Wildman–Crippen MR) is 84.9 cm³/mol. The fourth-order valence-electron chi connectivity index (χ4n) is 4.16. The van der Waals surface area contributed by atoms with E-state index in [4.69, 9.17) is 9.47 Å². The standard InChI is InChI=1S/C17H25NO2S/c1-9-19-10-2-14(1)13-18-7-5-17(6-8-18)15-4-12-21-16(15)3-11-20-17/h4,12,14H,1-3,5-11,13H2. The fourth-order valence-corrected chi connectivity index (χ4v) is 5.11. The summed E-state index contributed by atoms with van der Waals surface area (Å²) in [4.78, 5) is 4.23. The Kier molecular flexibility index (Phi) is 4.05. The summed E-state index contributed by atoms with van der Waals surface area (Å²) in [6, 6.07) is 2.31. The van der Waals surface area contributed by atoms with Crippen LogP contribution < -0.4 is 0 Å². The van der Waals surface area contributed by atoms with Gasteiger partial charge in [-0.25, -0.2) is 0 Å². The zero-order valence-corrected chi connectivity index (χ0v) is 13.5. The second-order valence-electron chi connectivity index (χ2n) is 6.71. The molecule has 3 nitrogen and oxygen atoms in total. The average Bonchev–Trinajstić information content (AvgIpc) is 3.01. The molecule has 4 heterocycles. The molecule has 1 aromatic rings. The Hall–Kier alpha value is -0.420. The molecule has 1 aromatic heterocycles. The number of fused-ring (bicyclic) bond motifs is 2. The second kappa shape index (κ2) is 5.99. The van der Waals surface area contributed by atoms with Crippen molar-refractivity contribution in [2.24, 2.45) is 5.92 Å². The lowest BCUT2D eigenvalue weighted by Gasteiger charge is -2.45. The van der Waals surface area contributed by atoms with Gasteiger partial charge in [-0.15, -0.1) is 11.3 Å². The molecule has 0 amide bonds. The van der Waals surface area contributed by atoms with Crippen LogP contribution in [0.5, 0.6) is 0 Å². The summed E-state index contributed by atoms with van der Waals surface area (Å²) in [5, 5.41) is 2.25. The highest BCUT2D eigenvalue weighted by Crippen LogP contribution is 2.43. The Morgan fingerprint density at radius 1 is 1.19 bits per heavy atom. The van der Waals surface area contributed by atoms with E-state index in [1.54, 1.807) is 4.88 Å². The number of rotatable bonds is 2. The van der Waals surface area contributed by atoms with Crippen LogP contribution in [0.1, 0.15) is 36.1 Å². The highest BCUT2D eigenvalue weighted by atomic mass is 32.1. The minimum atomic E-state index is 0.0414. The van der Waals surface area contributed by atoms with E-state index in [2.05, 4.69) is 16.3 Å². The van der Waals surface area contributed by atoms with Gasteiger partial charge < -0.3 is 14.4 Å². The SMILES string of the molecule is c1cc2c(s1)CCOC21CCN(CC2CCOCC2)CC1. The van der Waals surface area contributed by atoms with E-state index in [1.165, 1.54) is 50.9 Å². The number of ether oxygens (including phenoxy) is 2. The number of hydrogen-bond donors (Lipinski definition) is 0. The van der Waals surface area contributed by atoms with Gasteiger partial charge in [0.25, 0.3) is 0 Å².